The summed E-state index contributed by atoms with van der Waals surface area (Å²) < 4.78 is 0. The summed E-state index contributed by atoms with van der Waals surface area (Å²) in [7, 11) is 2.25. The molecular weight excluding hydrogens is 354 g/mol. The van der Waals surface area contributed by atoms with E-state index in [-0.39, 0.29) is 5.54 Å². The van der Waals surface area contributed by atoms with E-state index in [0.29, 0.717) is 0 Å². The summed E-state index contributed by atoms with van der Waals surface area (Å²) in [6.07, 6.45) is 6.59. The van der Waals surface area contributed by atoms with Crippen LogP contribution < -0.4 is 10.6 Å². The normalized spacial score (nSPS) is 22.0. The van der Waals surface area contributed by atoms with E-state index >= 15 is 0 Å². The predicted octanol–water partition coefficient (Wildman–Crippen LogP) is 3.06. The predicted molar refractivity (Wildman–Crippen MR) is 117 cm³/mol. The molecule has 0 saturated carbocycles. The SMILES string of the molecule is CCNC(=NCc1ccc(C)s1)NCC1(N2CCCCC2)CCN(C)CC1. The molecule has 27 heavy (non-hydrogen) atoms. The molecule has 3 rings (SSSR count). The Morgan fingerprint density at radius 3 is 2.48 bits per heavy atom. The molecule has 0 aromatic carbocycles. The van der Waals surface area contributed by atoms with Crippen molar-refractivity contribution in [3.05, 3.63) is 21.9 Å². The minimum Gasteiger partial charge on any atom is -0.357 e. The highest BCUT2D eigenvalue weighted by Gasteiger charge is 2.39. The molecule has 0 amide bonds. The van der Waals surface area contributed by atoms with Crippen molar-refractivity contribution in [1.82, 2.24) is 20.4 Å². The van der Waals surface area contributed by atoms with Crippen LogP contribution in [0.4, 0.5) is 0 Å². The second-order valence-corrected chi connectivity index (χ2v) is 9.51. The molecule has 0 atom stereocenters. The van der Waals surface area contributed by atoms with E-state index in [1.165, 1.54) is 68.0 Å². The zero-order valence-electron chi connectivity index (χ0n) is 17.4. The van der Waals surface area contributed by atoms with Crippen molar-refractivity contribution in [2.75, 3.05) is 46.3 Å². The molecule has 2 aliphatic heterocycles. The number of aliphatic imine (C=N–C) groups is 1. The third kappa shape index (κ3) is 5.69. The van der Waals surface area contributed by atoms with Gasteiger partial charge in [0.05, 0.1) is 6.54 Å². The summed E-state index contributed by atoms with van der Waals surface area (Å²) in [6, 6.07) is 4.37. The molecule has 0 aliphatic carbocycles. The molecule has 2 aliphatic rings. The van der Waals surface area contributed by atoms with Gasteiger partial charge in [0.2, 0.25) is 0 Å². The Bertz CT molecular complexity index is 597. The zero-order chi connectivity index (χ0) is 19.1. The Hall–Kier alpha value is -1.11. The molecule has 1 aromatic heterocycles. The molecular formula is C21H37N5S. The molecule has 2 fully saturated rings. The minimum absolute atomic E-state index is 0.280. The van der Waals surface area contributed by atoms with Gasteiger partial charge in [0.1, 0.15) is 0 Å². The first kappa shape index (κ1) is 20.6. The van der Waals surface area contributed by atoms with Gasteiger partial charge in [-0.3, -0.25) is 4.90 Å². The van der Waals surface area contributed by atoms with E-state index in [0.717, 1.165) is 25.6 Å². The van der Waals surface area contributed by atoms with Crippen LogP contribution in [0.1, 0.15) is 48.8 Å². The van der Waals surface area contributed by atoms with Crippen LogP contribution in [0.3, 0.4) is 0 Å². The fourth-order valence-corrected chi connectivity index (χ4v) is 5.14. The Labute approximate surface area is 169 Å². The molecule has 2 saturated heterocycles. The number of aryl methyl sites for hydroxylation is 1. The summed E-state index contributed by atoms with van der Waals surface area (Å²) in [5.74, 6) is 0.957. The molecule has 152 valence electrons. The molecule has 3 heterocycles. The quantitative estimate of drug-likeness (QED) is 0.578. The van der Waals surface area contributed by atoms with E-state index in [2.05, 4.69) is 53.5 Å². The van der Waals surface area contributed by atoms with E-state index in [1.54, 1.807) is 0 Å². The number of nitrogens with zero attached hydrogens (tertiary/aromatic N) is 3. The van der Waals surface area contributed by atoms with Gasteiger partial charge in [-0.2, -0.15) is 0 Å². The lowest BCUT2D eigenvalue weighted by molar-refractivity contribution is 0.0173. The second kappa shape index (κ2) is 9.89. The van der Waals surface area contributed by atoms with Crippen LogP contribution in [0.2, 0.25) is 0 Å². The lowest BCUT2D eigenvalue weighted by Gasteiger charge is -2.50. The Balaban J connectivity index is 1.65. The van der Waals surface area contributed by atoms with Crippen molar-refractivity contribution in [2.45, 2.75) is 58.0 Å². The zero-order valence-corrected chi connectivity index (χ0v) is 18.2. The molecule has 2 N–H and O–H groups in total. The standard InChI is InChI=1S/C21H37N5S/c1-4-22-20(23-16-19-9-8-18(2)27-19)24-17-21(10-14-25(3)15-11-21)26-12-6-5-7-13-26/h8-9H,4-7,10-17H2,1-3H3,(H2,22,23,24). The minimum atomic E-state index is 0.280. The average molecular weight is 392 g/mol. The molecule has 0 bridgehead atoms. The number of hydrogen-bond acceptors (Lipinski definition) is 4. The van der Waals surface area contributed by atoms with Crippen molar-refractivity contribution in [3.8, 4) is 0 Å². The molecule has 6 heteroatoms. The molecule has 5 nitrogen and oxygen atoms in total. The largest absolute Gasteiger partial charge is 0.357 e. The lowest BCUT2D eigenvalue weighted by atomic mass is 9.84. The molecule has 0 unspecified atom stereocenters. The Kier molecular flexibility index (Phi) is 7.56. The fraction of sp³-hybridized carbons (Fsp3) is 0.762. The summed E-state index contributed by atoms with van der Waals surface area (Å²) in [4.78, 5) is 12.8. The van der Waals surface area contributed by atoms with Crippen LogP contribution in [0, 0.1) is 6.92 Å². The smallest absolute Gasteiger partial charge is 0.191 e. The molecule has 0 spiro atoms. The highest BCUT2D eigenvalue weighted by atomic mass is 32.1. The first-order chi connectivity index (χ1) is 13.1. The third-order valence-corrected chi connectivity index (χ3v) is 7.05. The number of rotatable bonds is 6. The number of likely N-dealkylation sites (tertiary alicyclic amines) is 2. The maximum atomic E-state index is 4.85. The van der Waals surface area contributed by atoms with E-state index in [1.807, 2.05) is 11.3 Å². The molecule has 0 radical (unpaired) electrons. The van der Waals surface area contributed by atoms with Gasteiger partial charge in [-0.25, -0.2) is 4.99 Å². The van der Waals surface area contributed by atoms with Crippen molar-refractivity contribution >= 4 is 17.3 Å². The molecule has 1 aromatic rings. The number of hydrogen-bond donors (Lipinski definition) is 2. The number of guanidine groups is 1. The maximum absolute atomic E-state index is 4.85. The average Bonchev–Trinajstić information content (AvgIpc) is 3.11. The van der Waals surface area contributed by atoms with Crippen LogP contribution in [-0.4, -0.2) is 67.6 Å². The van der Waals surface area contributed by atoms with Gasteiger partial charge in [0.15, 0.2) is 5.96 Å². The Morgan fingerprint density at radius 2 is 1.85 bits per heavy atom. The Morgan fingerprint density at radius 1 is 1.11 bits per heavy atom. The summed E-state index contributed by atoms with van der Waals surface area (Å²) in [6.45, 7) is 11.9. The number of thiophene rings is 1. The number of nitrogens with one attached hydrogen (secondary N) is 2. The summed E-state index contributed by atoms with van der Waals surface area (Å²) >= 11 is 1.84. The van der Waals surface area contributed by atoms with Crippen LogP contribution in [0.15, 0.2) is 17.1 Å². The highest BCUT2D eigenvalue weighted by Crippen LogP contribution is 2.30. The van der Waals surface area contributed by atoms with Gasteiger partial charge >= 0.3 is 0 Å². The maximum Gasteiger partial charge on any atom is 0.191 e. The van der Waals surface area contributed by atoms with Gasteiger partial charge in [-0.15, -0.1) is 11.3 Å². The van der Waals surface area contributed by atoms with Crippen molar-refractivity contribution in [1.29, 1.82) is 0 Å². The first-order valence-electron chi connectivity index (χ1n) is 10.6. The van der Waals surface area contributed by atoms with Crippen LogP contribution in [0.25, 0.3) is 0 Å². The van der Waals surface area contributed by atoms with Crippen LogP contribution in [-0.2, 0) is 6.54 Å². The van der Waals surface area contributed by atoms with E-state index in [9.17, 15) is 0 Å². The van der Waals surface area contributed by atoms with Gasteiger partial charge in [-0.1, -0.05) is 6.42 Å². The van der Waals surface area contributed by atoms with Crippen molar-refractivity contribution in [3.63, 3.8) is 0 Å². The summed E-state index contributed by atoms with van der Waals surface area (Å²) in [5, 5.41) is 7.15. The van der Waals surface area contributed by atoms with Gasteiger partial charge in [0, 0.05) is 28.4 Å². The lowest BCUT2D eigenvalue weighted by Crippen LogP contribution is -2.62. The summed E-state index contributed by atoms with van der Waals surface area (Å²) in [5.41, 5.74) is 0.280. The number of piperidine rings is 2. The fourth-order valence-electron chi connectivity index (χ4n) is 4.32. The van der Waals surface area contributed by atoms with E-state index in [4.69, 9.17) is 4.99 Å². The van der Waals surface area contributed by atoms with Gasteiger partial charge in [0.25, 0.3) is 0 Å². The van der Waals surface area contributed by atoms with Gasteiger partial charge < -0.3 is 15.5 Å². The van der Waals surface area contributed by atoms with Crippen molar-refractivity contribution < 1.29 is 0 Å². The topological polar surface area (TPSA) is 42.9 Å². The van der Waals surface area contributed by atoms with E-state index < -0.39 is 0 Å². The van der Waals surface area contributed by atoms with Gasteiger partial charge in [-0.05, 0) is 84.9 Å². The second-order valence-electron chi connectivity index (χ2n) is 8.14. The monoisotopic (exact) mass is 391 g/mol. The third-order valence-electron chi connectivity index (χ3n) is 6.06. The first-order valence-corrected chi connectivity index (χ1v) is 11.4. The van der Waals surface area contributed by atoms with Crippen LogP contribution in [0.5, 0.6) is 0 Å². The highest BCUT2D eigenvalue weighted by molar-refractivity contribution is 7.11. The van der Waals surface area contributed by atoms with Crippen LogP contribution >= 0.6 is 11.3 Å². The van der Waals surface area contributed by atoms with Crippen molar-refractivity contribution in [2.24, 2.45) is 4.99 Å².